The summed E-state index contributed by atoms with van der Waals surface area (Å²) in [5.41, 5.74) is 9.56. The summed E-state index contributed by atoms with van der Waals surface area (Å²) in [5, 5.41) is 7.78. The molecular formula is C40H27N. The Bertz CT molecular complexity index is 2130. The van der Waals surface area contributed by atoms with Gasteiger partial charge in [-0.2, -0.15) is 0 Å². The third-order valence-corrected chi connectivity index (χ3v) is 8.34. The molecule has 1 nitrogen and oxygen atoms in total. The minimum Gasteiger partial charge on any atom is -0.256 e. The van der Waals surface area contributed by atoms with Crippen molar-refractivity contribution in [3.05, 3.63) is 163 Å². The Morgan fingerprint density at radius 1 is 0.439 bits per heavy atom. The number of allylic oxidation sites excluding steroid dienone is 6. The summed E-state index contributed by atoms with van der Waals surface area (Å²) in [4.78, 5) is 4.83. The maximum absolute atomic E-state index is 4.83. The number of benzene rings is 6. The van der Waals surface area contributed by atoms with Crippen molar-refractivity contribution in [3.8, 4) is 22.4 Å². The van der Waals surface area contributed by atoms with E-state index in [1.807, 2.05) is 12.3 Å². The van der Waals surface area contributed by atoms with E-state index in [1.165, 1.54) is 60.2 Å². The first-order valence-electron chi connectivity index (χ1n) is 14.2. The molecule has 0 fully saturated rings. The van der Waals surface area contributed by atoms with Crippen LogP contribution in [0.2, 0.25) is 0 Å². The Balaban J connectivity index is 1.24. The van der Waals surface area contributed by atoms with Crippen LogP contribution in [0.4, 0.5) is 0 Å². The molecule has 0 aliphatic heterocycles. The second-order valence-corrected chi connectivity index (χ2v) is 10.7. The number of hydrogen-bond donors (Lipinski definition) is 0. The van der Waals surface area contributed by atoms with Crippen LogP contribution in [-0.2, 0) is 0 Å². The lowest BCUT2D eigenvalue weighted by atomic mass is 9.87. The van der Waals surface area contributed by atoms with E-state index in [4.69, 9.17) is 4.98 Å². The monoisotopic (exact) mass is 521 g/mol. The number of nitrogens with zero attached hydrogens (tertiary/aromatic N) is 1. The molecule has 0 N–H and O–H groups in total. The van der Waals surface area contributed by atoms with Gasteiger partial charge in [0.15, 0.2) is 0 Å². The second-order valence-electron chi connectivity index (χ2n) is 10.7. The van der Waals surface area contributed by atoms with Gasteiger partial charge in [0.25, 0.3) is 0 Å². The molecule has 1 heteroatoms. The van der Waals surface area contributed by atoms with Crippen molar-refractivity contribution in [1.82, 2.24) is 4.98 Å². The lowest BCUT2D eigenvalue weighted by Crippen LogP contribution is -1.91. The third-order valence-electron chi connectivity index (χ3n) is 8.34. The maximum Gasteiger partial charge on any atom is 0.0702 e. The molecule has 0 atom stereocenters. The van der Waals surface area contributed by atoms with Gasteiger partial charge >= 0.3 is 0 Å². The van der Waals surface area contributed by atoms with Crippen molar-refractivity contribution in [3.63, 3.8) is 0 Å². The highest BCUT2D eigenvalue weighted by Crippen LogP contribution is 2.42. The Morgan fingerprint density at radius 2 is 1.02 bits per heavy atom. The fraction of sp³-hybridized carbons (Fsp3) is 0.0250. The van der Waals surface area contributed by atoms with Gasteiger partial charge in [-0.3, -0.25) is 4.98 Å². The summed E-state index contributed by atoms with van der Waals surface area (Å²) >= 11 is 0. The van der Waals surface area contributed by atoms with E-state index in [0.29, 0.717) is 0 Å². The Kier molecular flexibility index (Phi) is 5.60. The molecular weight excluding hydrogens is 494 g/mol. The highest BCUT2D eigenvalue weighted by Gasteiger charge is 2.16. The molecule has 6 aromatic carbocycles. The van der Waals surface area contributed by atoms with Gasteiger partial charge < -0.3 is 0 Å². The fourth-order valence-corrected chi connectivity index (χ4v) is 6.31. The van der Waals surface area contributed by atoms with Crippen LogP contribution in [0.15, 0.2) is 152 Å². The van der Waals surface area contributed by atoms with E-state index in [-0.39, 0.29) is 0 Å². The van der Waals surface area contributed by atoms with Crippen LogP contribution < -0.4 is 0 Å². The molecule has 0 saturated heterocycles. The highest BCUT2D eigenvalue weighted by atomic mass is 14.7. The maximum atomic E-state index is 4.83. The summed E-state index contributed by atoms with van der Waals surface area (Å²) < 4.78 is 0. The molecule has 0 saturated carbocycles. The second kappa shape index (κ2) is 9.73. The predicted molar refractivity (Wildman–Crippen MR) is 175 cm³/mol. The lowest BCUT2D eigenvalue weighted by molar-refractivity contribution is 1.33. The fourth-order valence-electron chi connectivity index (χ4n) is 6.31. The van der Waals surface area contributed by atoms with Crippen molar-refractivity contribution in [2.24, 2.45) is 0 Å². The van der Waals surface area contributed by atoms with Crippen LogP contribution in [0.3, 0.4) is 0 Å². The van der Waals surface area contributed by atoms with Crippen molar-refractivity contribution in [2.75, 3.05) is 0 Å². The third kappa shape index (κ3) is 4.06. The zero-order valence-corrected chi connectivity index (χ0v) is 22.6. The Labute approximate surface area is 239 Å². The normalized spacial score (nSPS) is 13.5. The van der Waals surface area contributed by atoms with E-state index in [9.17, 15) is 0 Å². The predicted octanol–water partition coefficient (Wildman–Crippen LogP) is 10.7. The van der Waals surface area contributed by atoms with E-state index in [2.05, 4.69) is 140 Å². The summed E-state index contributed by atoms with van der Waals surface area (Å²) in [6.07, 6.45) is 12.1. The molecule has 41 heavy (non-hydrogen) atoms. The zero-order valence-electron chi connectivity index (χ0n) is 22.6. The van der Waals surface area contributed by atoms with Crippen LogP contribution >= 0.6 is 0 Å². The first kappa shape index (κ1) is 23.6. The van der Waals surface area contributed by atoms with Gasteiger partial charge in [0.2, 0.25) is 0 Å². The standard InChI is InChI=1S/C40H27N/c1-3-8-27(9-4-1)28-12-7-13-29(15-14-28)34-21-16-31-19-24-37-35(22-17-32-18-23-36(34)39(31)40(32)37)33-20-25-38(41-26-33)30-10-5-2-6-11-30/h1-6,8-26H,7H2. The van der Waals surface area contributed by atoms with Crippen LogP contribution in [0, 0.1) is 0 Å². The number of hydrogen-bond acceptors (Lipinski definition) is 1. The average Bonchev–Trinajstić information content (AvgIpc) is 3.31. The first-order chi connectivity index (χ1) is 20.3. The molecule has 7 aromatic rings. The van der Waals surface area contributed by atoms with E-state index >= 15 is 0 Å². The Morgan fingerprint density at radius 3 is 1.71 bits per heavy atom. The summed E-state index contributed by atoms with van der Waals surface area (Å²) in [6.45, 7) is 0. The topological polar surface area (TPSA) is 12.9 Å². The number of aromatic nitrogens is 1. The minimum atomic E-state index is 0.907. The van der Waals surface area contributed by atoms with E-state index < -0.39 is 0 Å². The zero-order chi connectivity index (χ0) is 27.2. The summed E-state index contributed by atoms with van der Waals surface area (Å²) in [5.74, 6) is 0. The SMILES string of the molecule is C1=CC(c2ccc3ccc4c(-c5ccc(-c6ccccc6)nc5)ccc5ccc2c3c54)=CCC=C1c1ccccc1. The molecule has 0 radical (unpaired) electrons. The first-order valence-corrected chi connectivity index (χ1v) is 14.2. The molecule has 1 aliphatic carbocycles. The van der Waals surface area contributed by atoms with Gasteiger partial charge in [-0.1, -0.05) is 140 Å². The van der Waals surface area contributed by atoms with Crippen LogP contribution in [0.1, 0.15) is 17.5 Å². The molecule has 8 rings (SSSR count). The highest BCUT2D eigenvalue weighted by molar-refractivity contribution is 6.27. The van der Waals surface area contributed by atoms with E-state index in [0.717, 1.165) is 23.2 Å². The van der Waals surface area contributed by atoms with Crippen LogP contribution in [-0.4, -0.2) is 4.98 Å². The summed E-state index contributed by atoms with van der Waals surface area (Å²) in [7, 11) is 0. The smallest absolute Gasteiger partial charge is 0.0702 e. The molecule has 1 heterocycles. The molecule has 1 aromatic heterocycles. The van der Waals surface area contributed by atoms with Gasteiger partial charge in [-0.05, 0) is 72.6 Å². The number of pyridine rings is 1. The van der Waals surface area contributed by atoms with Crippen molar-refractivity contribution in [1.29, 1.82) is 0 Å². The van der Waals surface area contributed by atoms with Crippen LogP contribution in [0.5, 0.6) is 0 Å². The molecule has 0 spiro atoms. The largest absolute Gasteiger partial charge is 0.256 e. The van der Waals surface area contributed by atoms with Gasteiger partial charge in [-0.15, -0.1) is 0 Å². The van der Waals surface area contributed by atoms with Crippen molar-refractivity contribution in [2.45, 2.75) is 6.42 Å². The molecule has 0 unspecified atom stereocenters. The van der Waals surface area contributed by atoms with E-state index in [1.54, 1.807) is 0 Å². The number of rotatable bonds is 4. The van der Waals surface area contributed by atoms with Gasteiger partial charge in [0.1, 0.15) is 0 Å². The average molecular weight is 522 g/mol. The Hall–Kier alpha value is -5.27. The quantitative estimate of drug-likeness (QED) is 0.210. The minimum absolute atomic E-state index is 0.907. The van der Waals surface area contributed by atoms with Gasteiger partial charge in [-0.25, -0.2) is 0 Å². The molecule has 0 amide bonds. The molecule has 1 aliphatic rings. The van der Waals surface area contributed by atoms with Gasteiger partial charge in [0, 0.05) is 17.3 Å². The van der Waals surface area contributed by atoms with Crippen LogP contribution in [0.25, 0.3) is 65.8 Å². The van der Waals surface area contributed by atoms with Crippen molar-refractivity contribution >= 4 is 43.5 Å². The van der Waals surface area contributed by atoms with Gasteiger partial charge in [0.05, 0.1) is 5.69 Å². The molecule has 192 valence electrons. The molecule has 0 bridgehead atoms. The lowest BCUT2D eigenvalue weighted by Gasteiger charge is -2.17. The summed E-state index contributed by atoms with van der Waals surface area (Å²) in [6, 6.07) is 43.5. The van der Waals surface area contributed by atoms with Crippen molar-refractivity contribution < 1.29 is 0 Å².